The lowest BCUT2D eigenvalue weighted by Gasteiger charge is -2.46. The zero-order chi connectivity index (χ0) is 23.4. The van der Waals surface area contributed by atoms with Crippen LogP contribution in [0, 0.1) is 13.8 Å². The molecule has 0 aliphatic carbocycles. The lowest BCUT2D eigenvalue weighted by molar-refractivity contribution is -0.309. The van der Waals surface area contributed by atoms with Crippen LogP contribution in [0.3, 0.4) is 0 Å². The van der Waals surface area contributed by atoms with Gasteiger partial charge in [-0.05, 0) is 19.9 Å². The van der Waals surface area contributed by atoms with Crippen molar-refractivity contribution >= 4 is 21.7 Å². The van der Waals surface area contributed by atoms with Gasteiger partial charge in [0.25, 0.3) is 0 Å². The van der Waals surface area contributed by atoms with Crippen molar-refractivity contribution in [2.45, 2.75) is 50.6 Å². The number of pyridine rings is 1. The first kappa shape index (κ1) is 21.7. The number of aliphatic hydroxyl groups excluding tert-OH is 1. The van der Waals surface area contributed by atoms with Gasteiger partial charge in [0.1, 0.15) is 30.2 Å². The number of nitrogens with zero attached hydrogens (tertiary/aromatic N) is 5. The van der Waals surface area contributed by atoms with Gasteiger partial charge in [0.05, 0.1) is 34.2 Å². The molecule has 2 aliphatic rings. The number of ether oxygens (including phenoxy) is 3. The minimum Gasteiger partial charge on any atom is -0.388 e. The predicted octanol–water partition coefficient (Wildman–Crippen LogP) is 2.13. The number of benzene rings is 1. The summed E-state index contributed by atoms with van der Waals surface area (Å²) in [6.45, 7) is 4.01. The van der Waals surface area contributed by atoms with Crippen LogP contribution in [0.1, 0.15) is 34.6 Å². The van der Waals surface area contributed by atoms with Gasteiger partial charge in [-0.2, -0.15) is 5.10 Å². The van der Waals surface area contributed by atoms with Crippen LogP contribution in [0.5, 0.6) is 0 Å². The average molecular weight is 481 g/mol. The second-order valence-electron chi connectivity index (χ2n) is 8.52. The molecule has 6 atom stereocenters. The number of hydrogen-bond acceptors (Lipinski definition) is 10. The van der Waals surface area contributed by atoms with Crippen molar-refractivity contribution in [1.29, 1.82) is 0 Å². The molecule has 0 saturated carbocycles. The van der Waals surface area contributed by atoms with E-state index in [0.29, 0.717) is 23.0 Å². The summed E-state index contributed by atoms with van der Waals surface area (Å²) in [5.74, 6) is 0.994. The summed E-state index contributed by atoms with van der Waals surface area (Å²) in [4.78, 5) is 13.4. The Labute approximate surface area is 199 Å². The Hall–Kier alpha value is -2.80. The largest absolute Gasteiger partial charge is 0.388 e. The van der Waals surface area contributed by atoms with Gasteiger partial charge in [0.15, 0.2) is 17.8 Å². The van der Waals surface area contributed by atoms with Gasteiger partial charge in [-0.3, -0.25) is 0 Å². The number of aliphatic hydroxyl groups is 1. The molecule has 2 aliphatic heterocycles. The molecule has 5 heterocycles. The van der Waals surface area contributed by atoms with Crippen molar-refractivity contribution in [3.8, 4) is 5.69 Å². The van der Waals surface area contributed by atoms with Crippen LogP contribution in [0.4, 0.5) is 0 Å². The molecule has 6 rings (SSSR count). The fourth-order valence-electron chi connectivity index (χ4n) is 4.50. The Bertz CT molecular complexity index is 1330. The van der Waals surface area contributed by atoms with Gasteiger partial charge in [0, 0.05) is 5.56 Å². The molecule has 0 bridgehead atoms. The van der Waals surface area contributed by atoms with E-state index >= 15 is 0 Å². The van der Waals surface area contributed by atoms with Crippen molar-refractivity contribution in [3.63, 3.8) is 0 Å². The summed E-state index contributed by atoms with van der Waals surface area (Å²) in [6, 6.07) is 10.9. The van der Waals surface area contributed by atoms with Crippen molar-refractivity contribution in [2.24, 2.45) is 5.73 Å². The first-order valence-corrected chi connectivity index (χ1v) is 11.9. The molecule has 1 aromatic carbocycles. The molecule has 3 N–H and O–H groups in total. The van der Waals surface area contributed by atoms with Crippen molar-refractivity contribution in [2.75, 3.05) is 6.61 Å². The number of thiazole rings is 1. The van der Waals surface area contributed by atoms with Crippen LogP contribution in [-0.2, 0) is 14.2 Å². The van der Waals surface area contributed by atoms with E-state index in [1.807, 2.05) is 43.3 Å². The molecule has 0 spiro atoms. The molecule has 11 heteroatoms. The zero-order valence-electron chi connectivity index (χ0n) is 18.6. The summed E-state index contributed by atoms with van der Waals surface area (Å²) >= 11 is 1.55. The monoisotopic (exact) mass is 480 g/mol. The summed E-state index contributed by atoms with van der Waals surface area (Å²) in [7, 11) is 0. The van der Waals surface area contributed by atoms with Gasteiger partial charge < -0.3 is 25.1 Å². The number of nitrogens with two attached hydrogens (primary N) is 1. The molecule has 4 aromatic rings. The summed E-state index contributed by atoms with van der Waals surface area (Å²) in [5, 5.41) is 16.6. The molecule has 3 aromatic heterocycles. The molecular weight excluding hydrogens is 456 g/mol. The molecule has 2 saturated heterocycles. The van der Waals surface area contributed by atoms with Crippen LogP contribution in [0.25, 0.3) is 16.0 Å². The Morgan fingerprint density at radius 3 is 2.79 bits per heavy atom. The molecule has 2 fully saturated rings. The van der Waals surface area contributed by atoms with Gasteiger partial charge in [0.2, 0.25) is 0 Å². The normalized spacial score (nSPS) is 29.3. The minimum atomic E-state index is -1.06. The highest BCUT2D eigenvalue weighted by atomic mass is 32.1. The van der Waals surface area contributed by atoms with Crippen LogP contribution in [-0.4, -0.2) is 60.8 Å². The SMILES string of the molecule is Cc1nc([C@@H]2OC3COC(c4ccccc4)O[C@@H]3C(N)C2O)n(-c2cnc3nc(C)sc3c2)n1. The number of aromatic nitrogens is 5. The van der Waals surface area contributed by atoms with E-state index in [0.717, 1.165) is 15.3 Å². The minimum absolute atomic E-state index is 0.280. The van der Waals surface area contributed by atoms with E-state index in [4.69, 9.17) is 19.9 Å². The average Bonchev–Trinajstić information content (AvgIpc) is 3.42. The quantitative estimate of drug-likeness (QED) is 0.453. The molecule has 176 valence electrons. The van der Waals surface area contributed by atoms with E-state index < -0.39 is 36.7 Å². The topological polar surface area (TPSA) is 130 Å². The molecule has 10 nitrogen and oxygen atoms in total. The fraction of sp³-hybridized carbons (Fsp3) is 0.391. The molecule has 0 radical (unpaired) electrons. The number of rotatable bonds is 3. The Balaban J connectivity index is 1.30. The van der Waals surface area contributed by atoms with Crippen LogP contribution in [0.2, 0.25) is 0 Å². The first-order chi connectivity index (χ1) is 16.5. The number of hydrogen-bond donors (Lipinski definition) is 2. The highest BCUT2D eigenvalue weighted by Gasteiger charge is 2.49. The van der Waals surface area contributed by atoms with Gasteiger partial charge in [-0.15, -0.1) is 11.3 Å². The second kappa shape index (κ2) is 8.45. The standard InChI is InChI=1S/C23H24N6O4S/c1-11-26-22(29(28-11)14-8-16-21(25-9-14)27-12(2)34-16)20-18(30)17(24)19-15(32-20)10-31-23(33-19)13-6-4-3-5-7-13/h3-9,15,17-20,23,30H,10,24H2,1-2H3/t15?,17?,18?,19-,20+,23?/m0/s1. The summed E-state index contributed by atoms with van der Waals surface area (Å²) in [6.07, 6.45) is -1.72. The maximum absolute atomic E-state index is 11.2. The number of aryl methyl sites for hydroxylation is 2. The third kappa shape index (κ3) is 3.70. The van der Waals surface area contributed by atoms with Crippen molar-refractivity contribution in [3.05, 3.63) is 64.8 Å². The van der Waals surface area contributed by atoms with Crippen molar-refractivity contribution in [1.82, 2.24) is 24.7 Å². The second-order valence-corrected chi connectivity index (χ2v) is 9.75. The van der Waals surface area contributed by atoms with E-state index in [9.17, 15) is 5.11 Å². The summed E-state index contributed by atoms with van der Waals surface area (Å²) in [5.41, 5.74) is 8.77. The molecular formula is C23H24N6O4S. The molecule has 34 heavy (non-hydrogen) atoms. The molecule has 4 unspecified atom stereocenters. The zero-order valence-corrected chi connectivity index (χ0v) is 19.4. The van der Waals surface area contributed by atoms with Gasteiger partial charge in [-0.1, -0.05) is 30.3 Å². The van der Waals surface area contributed by atoms with Gasteiger partial charge in [-0.25, -0.2) is 19.6 Å². The highest BCUT2D eigenvalue weighted by molar-refractivity contribution is 7.18. The maximum atomic E-state index is 11.2. The van der Waals surface area contributed by atoms with Crippen LogP contribution in [0.15, 0.2) is 42.6 Å². The fourth-order valence-corrected chi connectivity index (χ4v) is 5.32. The van der Waals surface area contributed by atoms with E-state index in [1.165, 1.54) is 0 Å². The maximum Gasteiger partial charge on any atom is 0.184 e. The Kier molecular flexibility index (Phi) is 5.40. The summed E-state index contributed by atoms with van der Waals surface area (Å²) < 4.78 is 20.9. The van der Waals surface area contributed by atoms with E-state index in [2.05, 4.69) is 20.1 Å². The van der Waals surface area contributed by atoms with Crippen LogP contribution < -0.4 is 5.73 Å². The molecule has 0 amide bonds. The van der Waals surface area contributed by atoms with E-state index in [-0.39, 0.29) is 6.61 Å². The van der Waals surface area contributed by atoms with E-state index in [1.54, 1.807) is 29.1 Å². The third-order valence-electron chi connectivity index (χ3n) is 6.11. The number of fused-ring (bicyclic) bond motifs is 2. The Morgan fingerprint density at radius 2 is 1.97 bits per heavy atom. The van der Waals surface area contributed by atoms with Crippen molar-refractivity contribution < 1.29 is 19.3 Å². The third-order valence-corrected chi connectivity index (χ3v) is 7.02. The van der Waals surface area contributed by atoms with Crippen LogP contribution >= 0.6 is 11.3 Å². The highest BCUT2D eigenvalue weighted by Crippen LogP contribution is 2.38. The lowest BCUT2D eigenvalue weighted by Crippen LogP contribution is -2.62. The first-order valence-electron chi connectivity index (χ1n) is 11.1. The Morgan fingerprint density at radius 1 is 1.15 bits per heavy atom. The lowest BCUT2D eigenvalue weighted by atomic mass is 9.92. The smallest absolute Gasteiger partial charge is 0.184 e. The predicted molar refractivity (Wildman–Crippen MR) is 123 cm³/mol. The van der Waals surface area contributed by atoms with Gasteiger partial charge >= 0.3 is 0 Å².